The molecule has 2 N–H and O–H groups in total. The Kier molecular flexibility index (Phi) is 5.95. The Labute approximate surface area is 137 Å². The number of sulfonamides is 1. The second-order valence-electron chi connectivity index (χ2n) is 4.51. The molecule has 114 valence electrons. The first kappa shape index (κ1) is 16.6. The molecule has 4 nitrogen and oxygen atoms in total. The SMILES string of the molecule is CNCc1cc(S(=O)(=O)NCCc2ccccc2)c(Br)s1. The predicted molar refractivity (Wildman–Crippen MR) is 90.1 cm³/mol. The summed E-state index contributed by atoms with van der Waals surface area (Å²) < 4.78 is 27.9. The van der Waals surface area contributed by atoms with Crippen molar-refractivity contribution in [1.29, 1.82) is 0 Å². The first-order chi connectivity index (χ1) is 10.0. The predicted octanol–water partition coefficient (Wildman–Crippen LogP) is 2.75. The third-order valence-corrected chi connectivity index (χ3v) is 6.61. The molecule has 0 unspecified atom stereocenters. The van der Waals surface area contributed by atoms with Gasteiger partial charge in [-0.2, -0.15) is 0 Å². The van der Waals surface area contributed by atoms with Crippen molar-refractivity contribution < 1.29 is 8.42 Å². The molecule has 2 rings (SSSR count). The smallest absolute Gasteiger partial charge is 0.242 e. The summed E-state index contributed by atoms with van der Waals surface area (Å²) >= 11 is 4.76. The van der Waals surface area contributed by atoms with Gasteiger partial charge in [-0.3, -0.25) is 0 Å². The minimum atomic E-state index is -3.47. The summed E-state index contributed by atoms with van der Waals surface area (Å²) in [7, 11) is -1.64. The van der Waals surface area contributed by atoms with E-state index in [1.165, 1.54) is 11.3 Å². The van der Waals surface area contributed by atoms with E-state index in [0.717, 1.165) is 10.4 Å². The quantitative estimate of drug-likeness (QED) is 0.766. The zero-order chi connectivity index (χ0) is 15.3. The molecule has 0 amide bonds. The molecule has 0 aliphatic carbocycles. The van der Waals surface area contributed by atoms with Gasteiger partial charge in [-0.1, -0.05) is 30.3 Å². The minimum Gasteiger partial charge on any atom is -0.315 e. The van der Waals surface area contributed by atoms with Crippen LogP contribution in [0.2, 0.25) is 0 Å². The summed E-state index contributed by atoms with van der Waals surface area (Å²) in [6.07, 6.45) is 0.672. The Hall–Kier alpha value is -0.730. The van der Waals surface area contributed by atoms with Crippen LogP contribution >= 0.6 is 27.3 Å². The van der Waals surface area contributed by atoms with Gasteiger partial charge in [0.2, 0.25) is 10.0 Å². The molecule has 0 saturated carbocycles. The Bertz CT molecular complexity index is 684. The van der Waals surface area contributed by atoms with Crippen LogP contribution in [0.1, 0.15) is 10.4 Å². The molecule has 1 aromatic carbocycles. The van der Waals surface area contributed by atoms with Crippen molar-refractivity contribution in [3.05, 3.63) is 50.6 Å². The van der Waals surface area contributed by atoms with Crippen LogP contribution < -0.4 is 10.0 Å². The molecule has 0 fully saturated rings. The van der Waals surface area contributed by atoms with E-state index < -0.39 is 10.0 Å². The fourth-order valence-corrected chi connectivity index (χ4v) is 5.62. The fourth-order valence-electron chi connectivity index (χ4n) is 1.89. The molecule has 2 aromatic rings. The average Bonchev–Trinajstić information content (AvgIpc) is 2.82. The second-order valence-corrected chi connectivity index (χ2v) is 8.70. The van der Waals surface area contributed by atoms with Gasteiger partial charge in [0.1, 0.15) is 4.90 Å². The van der Waals surface area contributed by atoms with Crippen LogP contribution in [-0.2, 0) is 23.0 Å². The molecule has 0 radical (unpaired) electrons. The van der Waals surface area contributed by atoms with Gasteiger partial charge < -0.3 is 5.32 Å². The number of benzene rings is 1. The highest BCUT2D eigenvalue weighted by Gasteiger charge is 2.20. The van der Waals surface area contributed by atoms with Crippen molar-refractivity contribution >= 4 is 37.3 Å². The second kappa shape index (κ2) is 7.51. The molecule has 1 aromatic heterocycles. The van der Waals surface area contributed by atoms with Crippen LogP contribution in [0.15, 0.2) is 45.1 Å². The highest BCUT2D eigenvalue weighted by Crippen LogP contribution is 2.31. The molecule has 7 heteroatoms. The summed E-state index contributed by atoms with van der Waals surface area (Å²) in [4.78, 5) is 1.29. The van der Waals surface area contributed by atoms with Crippen molar-refractivity contribution in [2.75, 3.05) is 13.6 Å². The summed E-state index contributed by atoms with van der Waals surface area (Å²) in [5, 5.41) is 3.02. The largest absolute Gasteiger partial charge is 0.315 e. The highest BCUT2D eigenvalue weighted by atomic mass is 79.9. The zero-order valence-electron chi connectivity index (χ0n) is 11.6. The highest BCUT2D eigenvalue weighted by molar-refractivity contribution is 9.11. The third kappa shape index (κ3) is 4.62. The lowest BCUT2D eigenvalue weighted by molar-refractivity contribution is 0.581. The average molecular weight is 389 g/mol. The van der Waals surface area contributed by atoms with Crippen LogP contribution in [0.25, 0.3) is 0 Å². The number of hydrogen-bond acceptors (Lipinski definition) is 4. The monoisotopic (exact) mass is 388 g/mol. The molecule has 0 saturated heterocycles. The van der Waals surface area contributed by atoms with E-state index in [1.54, 1.807) is 6.07 Å². The Morgan fingerprint density at radius 2 is 1.95 bits per heavy atom. The fraction of sp³-hybridized carbons (Fsp3) is 0.286. The molecule has 0 spiro atoms. The molecule has 21 heavy (non-hydrogen) atoms. The molecule has 0 aliphatic rings. The van der Waals surface area contributed by atoms with Gasteiger partial charge in [0.25, 0.3) is 0 Å². The van der Waals surface area contributed by atoms with E-state index in [1.807, 2.05) is 37.4 Å². The molecule has 0 aliphatic heterocycles. The molecule has 0 atom stereocenters. The van der Waals surface area contributed by atoms with Crippen molar-refractivity contribution in [2.24, 2.45) is 0 Å². The Morgan fingerprint density at radius 1 is 1.24 bits per heavy atom. The first-order valence-electron chi connectivity index (χ1n) is 6.49. The standard InChI is InChI=1S/C14H17BrN2O2S2/c1-16-10-12-9-13(14(15)20-12)21(18,19)17-8-7-11-5-3-2-4-6-11/h2-6,9,16-17H,7-8,10H2,1H3. The summed E-state index contributed by atoms with van der Waals surface area (Å²) in [5.41, 5.74) is 1.11. The summed E-state index contributed by atoms with van der Waals surface area (Å²) in [6.45, 7) is 1.04. The van der Waals surface area contributed by atoms with E-state index in [9.17, 15) is 8.42 Å². The lowest BCUT2D eigenvalue weighted by Crippen LogP contribution is -2.25. The van der Waals surface area contributed by atoms with Gasteiger partial charge >= 0.3 is 0 Å². The van der Waals surface area contributed by atoms with Crippen LogP contribution in [0, 0.1) is 0 Å². The number of halogens is 1. The molecule has 0 bridgehead atoms. The van der Waals surface area contributed by atoms with Gasteiger partial charge in [-0.05, 0) is 41.0 Å². The lowest BCUT2D eigenvalue weighted by Gasteiger charge is -2.05. The van der Waals surface area contributed by atoms with Crippen LogP contribution in [0.4, 0.5) is 0 Å². The molecule has 1 heterocycles. The lowest BCUT2D eigenvalue weighted by atomic mass is 10.2. The van der Waals surface area contributed by atoms with E-state index in [4.69, 9.17) is 0 Å². The Balaban J connectivity index is 2.01. The van der Waals surface area contributed by atoms with E-state index >= 15 is 0 Å². The zero-order valence-corrected chi connectivity index (χ0v) is 14.8. The van der Waals surface area contributed by atoms with Crippen molar-refractivity contribution in [2.45, 2.75) is 17.9 Å². The van der Waals surface area contributed by atoms with Crippen molar-refractivity contribution in [3.63, 3.8) is 0 Å². The van der Waals surface area contributed by atoms with E-state index in [-0.39, 0.29) is 0 Å². The number of rotatable bonds is 7. The van der Waals surface area contributed by atoms with E-state index in [0.29, 0.717) is 28.2 Å². The number of thiophene rings is 1. The summed E-state index contributed by atoms with van der Waals surface area (Å²) in [5.74, 6) is 0. The van der Waals surface area contributed by atoms with E-state index in [2.05, 4.69) is 26.0 Å². The van der Waals surface area contributed by atoms with Gasteiger partial charge in [0, 0.05) is 18.0 Å². The normalized spacial score (nSPS) is 11.7. The van der Waals surface area contributed by atoms with Crippen molar-refractivity contribution in [3.8, 4) is 0 Å². The summed E-state index contributed by atoms with van der Waals surface area (Å²) in [6, 6.07) is 11.5. The first-order valence-corrected chi connectivity index (χ1v) is 9.58. The third-order valence-electron chi connectivity index (χ3n) is 2.90. The molecular weight excluding hydrogens is 372 g/mol. The van der Waals surface area contributed by atoms with Gasteiger partial charge in [0.05, 0.1) is 3.79 Å². The van der Waals surface area contributed by atoms with Crippen LogP contribution in [0.5, 0.6) is 0 Å². The number of hydrogen-bond donors (Lipinski definition) is 2. The maximum atomic E-state index is 12.3. The minimum absolute atomic E-state index is 0.311. The van der Waals surface area contributed by atoms with Gasteiger partial charge in [-0.15, -0.1) is 11.3 Å². The van der Waals surface area contributed by atoms with Crippen molar-refractivity contribution in [1.82, 2.24) is 10.0 Å². The Morgan fingerprint density at radius 3 is 2.62 bits per heavy atom. The number of nitrogens with one attached hydrogen (secondary N) is 2. The van der Waals surface area contributed by atoms with Gasteiger partial charge in [0.15, 0.2) is 0 Å². The molecular formula is C14H17BrN2O2S2. The maximum Gasteiger partial charge on any atom is 0.242 e. The topological polar surface area (TPSA) is 58.2 Å². The van der Waals surface area contributed by atoms with Gasteiger partial charge in [-0.25, -0.2) is 13.1 Å². The van der Waals surface area contributed by atoms with Crippen LogP contribution in [0.3, 0.4) is 0 Å². The maximum absolute atomic E-state index is 12.3. The van der Waals surface area contributed by atoms with Crippen LogP contribution in [-0.4, -0.2) is 22.0 Å².